The van der Waals surface area contributed by atoms with Crippen LogP contribution in [0.25, 0.3) is 0 Å². The molecule has 0 radical (unpaired) electrons. The van der Waals surface area contributed by atoms with Crippen molar-refractivity contribution in [3.05, 3.63) is 22.4 Å². The van der Waals surface area contributed by atoms with Gasteiger partial charge in [-0.25, -0.2) is 0 Å². The van der Waals surface area contributed by atoms with Crippen LogP contribution in [0.4, 0.5) is 0 Å². The first-order valence-corrected chi connectivity index (χ1v) is 8.86. The molecule has 1 fully saturated rings. The maximum absolute atomic E-state index is 11.7. The van der Waals surface area contributed by atoms with Gasteiger partial charge in [0.15, 0.2) is 0 Å². The molecule has 1 aliphatic rings. The van der Waals surface area contributed by atoms with Crippen molar-refractivity contribution in [3.8, 4) is 0 Å². The maximum Gasteiger partial charge on any atom is 0.309 e. The first-order valence-electron chi connectivity index (χ1n) is 7.98. The Morgan fingerprint density at radius 3 is 2.70 bits per heavy atom. The molecule has 2 rings (SSSR count). The van der Waals surface area contributed by atoms with E-state index in [2.05, 4.69) is 33.0 Å². The van der Waals surface area contributed by atoms with Crippen LogP contribution in [0.5, 0.6) is 0 Å². The van der Waals surface area contributed by atoms with Crippen molar-refractivity contribution < 1.29 is 14.3 Å². The van der Waals surface area contributed by atoms with Gasteiger partial charge in [-0.1, -0.05) is 6.07 Å². The number of thiophene rings is 1. The lowest BCUT2D eigenvalue weighted by atomic mass is 9.97. The number of carbonyl (C=O) groups is 2. The standard InChI is InChI=1S/C16H25N3O3S/c1-22-9-6-17-15(20)16(21)18-11-13-4-7-19(8-5-13)12-14-3-2-10-23-14/h2-3,10,13H,4-9,11-12H2,1H3,(H,17,20)(H,18,21). The largest absolute Gasteiger partial charge is 0.383 e. The predicted octanol–water partition coefficient (Wildman–Crippen LogP) is 0.839. The molecule has 0 atom stereocenters. The quantitative estimate of drug-likeness (QED) is 0.570. The molecule has 23 heavy (non-hydrogen) atoms. The van der Waals surface area contributed by atoms with Gasteiger partial charge in [0.2, 0.25) is 0 Å². The highest BCUT2D eigenvalue weighted by Crippen LogP contribution is 2.20. The van der Waals surface area contributed by atoms with Gasteiger partial charge in [0.1, 0.15) is 0 Å². The number of piperidine rings is 1. The van der Waals surface area contributed by atoms with E-state index in [1.54, 1.807) is 18.4 Å². The minimum absolute atomic E-state index is 0.351. The number of methoxy groups -OCH3 is 1. The third-order valence-electron chi connectivity index (χ3n) is 4.02. The van der Waals surface area contributed by atoms with Crippen molar-refractivity contribution in [1.82, 2.24) is 15.5 Å². The van der Waals surface area contributed by atoms with Crippen molar-refractivity contribution in [3.63, 3.8) is 0 Å². The normalized spacial score (nSPS) is 16.2. The highest BCUT2D eigenvalue weighted by atomic mass is 32.1. The summed E-state index contributed by atoms with van der Waals surface area (Å²) in [7, 11) is 1.55. The molecule has 7 heteroatoms. The zero-order valence-electron chi connectivity index (χ0n) is 13.5. The van der Waals surface area contributed by atoms with Crippen LogP contribution in [-0.4, -0.2) is 56.6 Å². The van der Waals surface area contributed by atoms with Crippen molar-refractivity contribution in [1.29, 1.82) is 0 Å². The average Bonchev–Trinajstić information content (AvgIpc) is 3.07. The smallest absolute Gasteiger partial charge is 0.309 e. The fourth-order valence-electron chi connectivity index (χ4n) is 2.64. The molecule has 0 saturated carbocycles. The van der Waals surface area contributed by atoms with Crippen molar-refractivity contribution in [2.24, 2.45) is 5.92 Å². The summed E-state index contributed by atoms with van der Waals surface area (Å²) >= 11 is 1.79. The maximum atomic E-state index is 11.7. The number of nitrogens with one attached hydrogen (secondary N) is 2. The Hall–Kier alpha value is -1.44. The molecule has 0 aliphatic carbocycles. The molecular weight excluding hydrogens is 314 g/mol. The molecule has 2 amide bonds. The summed E-state index contributed by atoms with van der Waals surface area (Å²) in [6.45, 7) is 4.42. The predicted molar refractivity (Wildman–Crippen MR) is 90.2 cm³/mol. The summed E-state index contributed by atoms with van der Waals surface area (Å²) in [6, 6.07) is 4.25. The van der Waals surface area contributed by atoms with E-state index in [-0.39, 0.29) is 0 Å². The minimum Gasteiger partial charge on any atom is -0.383 e. The van der Waals surface area contributed by atoms with Crippen molar-refractivity contribution >= 4 is 23.2 Å². The first-order chi connectivity index (χ1) is 11.2. The Kier molecular flexibility index (Phi) is 7.51. The lowest BCUT2D eigenvalue weighted by Crippen LogP contribution is -2.44. The summed E-state index contributed by atoms with van der Waals surface area (Å²) < 4.78 is 4.82. The second kappa shape index (κ2) is 9.64. The van der Waals surface area contributed by atoms with Gasteiger partial charge in [-0.2, -0.15) is 0 Å². The Morgan fingerprint density at radius 1 is 1.30 bits per heavy atom. The fourth-order valence-corrected chi connectivity index (χ4v) is 3.38. The van der Waals surface area contributed by atoms with Crippen LogP contribution < -0.4 is 10.6 Å². The first kappa shape index (κ1) is 17.9. The molecule has 6 nitrogen and oxygen atoms in total. The summed E-state index contributed by atoms with van der Waals surface area (Å²) in [5.74, 6) is -0.690. The molecule has 0 unspecified atom stereocenters. The number of rotatable bonds is 7. The van der Waals surface area contributed by atoms with Crippen LogP contribution >= 0.6 is 11.3 Å². The monoisotopic (exact) mass is 339 g/mol. The topological polar surface area (TPSA) is 70.7 Å². The van der Waals surface area contributed by atoms with E-state index < -0.39 is 11.8 Å². The second-order valence-corrected chi connectivity index (χ2v) is 6.79. The number of nitrogens with zero attached hydrogens (tertiary/aromatic N) is 1. The molecule has 1 aromatic heterocycles. The van der Waals surface area contributed by atoms with Gasteiger partial charge in [0, 0.05) is 31.6 Å². The highest BCUT2D eigenvalue weighted by molar-refractivity contribution is 7.09. The lowest BCUT2D eigenvalue weighted by molar-refractivity contribution is -0.139. The van der Waals surface area contributed by atoms with Gasteiger partial charge in [-0.3, -0.25) is 14.5 Å². The zero-order chi connectivity index (χ0) is 16.5. The molecule has 2 N–H and O–H groups in total. The van der Waals surface area contributed by atoms with Crippen LogP contribution in [0.15, 0.2) is 17.5 Å². The lowest BCUT2D eigenvalue weighted by Gasteiger charge is -2.31. The molecule has 2 heterocycles. The van der Waals surface area contributed by atoms with Gasteiger partial charge in [-0.05, 0) is 43.3 Å². The Bertz CT molecular complexity index is 485. The molecule has 1 aromatic rings. The highest BCUT2D eigenvalue weighted by Gasteiger charge is 2.21. The fraction of sp³-hybridized carbons (Fsp3) is 0.625. The van der Waals surface area contributed by atoms with Crippen LogP contribution in [0.3, 0.4) is 0 Å². The van der Waals surface area contributed by atoms with Crippen LogP contribution in [0.1, 0.15) is 17.7 Å². The van der Waals surface area contributed by atoms with Gasteiger partial charge >= 0.3 is 11.8 Å². The Morgan fingerprint density at radius 2 is 2.04 bits per heavy atom. The number of hydrogen-bond acceptors (Lipinski definition) is 5. The summed E-state index contributed by atoms with van der Waals surface area (Å²) in [4.78, 5) is 27.1. The molecule has 0 spiro atoms. The summed E-state index contributed by atoms with van der Waals surface area (Å²) in [5.41, 5.74) is 0. The van der Waals surface area contributed by atoms with Crippen LogP contribution in [0, 0.1) is 5.92 Å². The molecular formula is C16H25N3O3S. The number of carbonyl (C=O) groups excluding carboxylic acids is 2. The van der Waals surface area contributed by atoms with Gasteiger partial charge in [0.25, 0.3) is 0 Å². The summed E-state index contributed by atoms with van der Waals surface area (Å²) in [6.07, 6.45) is 2.11. The van der Waals surface area contributed by atoms with E-state index in [4.69, 9.17) is 4.74 Å². The van der Waals surface area contributed by atoms with Gasteiger partial charge in [0.05, 0.1) is 6.61 Å². The van der Waals surface area contributed by atoms with Gasteiger partial charge < -0.3 is 15.4 Å². The molecule has 1 saturated heterocycles. The minimum atomic E-state index is -0.586. The Balaban J connectivity index is 1.60. The average molecular weight is 339 g/mol. The molecule has 128 valence electrons. The molecule has 1 aliphatic heterocycles. The third-order valence-corrected chi connectivity index (χ3v) is 4.88. The third kappa shape index (κ3) is 6.29. The number of hydrogen-bond donors (Lipinski definition) is 2. The van der Waals surface area contributed by atoms with E-state index >= 15 is 0 Å². The number of amides is 2. The second-order valence-electron chi connectivity index (χ2n) is 5.76. The molecule has 0 bridgehead atoms. The number of ether oxygens (including phenoxy) is 1. The van der Waals surface area contributed by atoms with E-state index in [9.17, 15) is 9.59 Å². The Labute approximate surface area is 141 Å². The van der Waals surface area contributed by atoms with Crippen LogP contribution in [-0.2, 0) is 20.9 Å². The van der Waals surface area contributed by atoms with Crippen molar-refractivity contribution in [2.45, 2.75) is 19.4 Å². The van der Waals surface area contributed by atoms with E-state index in [1.165, 1.54) is 4.88 Å². The summed E-state index contributed by atoms with van der Waals surface area (Å²) in [5, 5.41) is 7.36. The van der Waals surface area contributed by atoms with Gasteiger partial charge in [-0.15, -0.1) is 11.3 Å². The van der Waals surface area contributed by atoms with E-state index in [0.29, 0.717) is 25.6 Å². The zero-order valence-corrected chi connectivity index (χ0v) is 14.4. The molecule has 0 aromatic carbocycles. The SMILES string of the molecule is COCCNC(=O)C(=O)NCC1CCN(Cc2cccs2)CC1. The van der Waals surface area contributed by atoms with E-state index in [1.807, 2.05) is 0 Å². The van der Waals surface area contributed by atoms with Crippen molar-refractivity contribution in [2.75, 3.05) is 39.9 Å². The van der Waals surface area contributed by atoms with Crippen LogP contribution in [0.2, 0.25) is 0 Å². The van der Waals surface area contributed by atoms with E-state index in [0.717, 1.165) is 32.5 Å². The number of likely N-dealkylation sites (tertiary alicyclic amines) is 1.